The van der Waals surface area contributed by atoms with E-state index in [9.17, 15) is 13.7 Å². The average molecular weight is 453 g/mol. The van der Waals surface area contributed by atoms with Gasteiger partial charge in [0.15, 0.2) is 0 Å². The molecule has 0 saturated carbocycles. The molecule has 2 aromatic carbocycles. The maximum absolute atomic E-state index is 14.2. The number of ether oxygens (including phenoxy) is 1. The van der Waals surface area contributed by atoms with Crippen molar-refractivity contribution in [3.8, 4) is 5.75 Å². The van der Waals surface area contributed by atoms with Crippen molar-refractivity contribution in [1.82, 2.24) is 0 Å². The molecular formula is C22H26ClFN2O3S. The summed E-state index contributed by atoms with van der Waals surface area (Å²) in [7, 11) is 0. The third kappa shape index (κ3) is 5.80. The van der Waals surface area contributed by atoms with E-state index in [-0.39, 0.29) is 5.82 Å². The van der Waals surface area contributed by atoms with Crippen molar-refractivity contribution >= 4 is 40.6 Å². The van der Waals surface area contributed by atoms with Crippen molar-refractivity contribution in [3.05, 3.63) is 52.8 Å². The van der Waals surface area contributed by atoms with Gasteiger partial charge in [0, 0.05) is 18.1 Å². The van der Waals surface area contributed by atoms with E-state index >= 15 is 0 Å². The lowest BCUT2D eigenvalue weighted by Gasteiger charge is -2.33. The normalized spacial score (nSPS) is 15.7. The first-order chi connectivity index (χ1) is 14.5. The predicted octanol–water partition coefficient (Wildman–Crippen LogP) is 4.61. The van der Waals surface area contributed by atoms with Crippen molar-refractivity contribution in [2.45, 2.75) is 25.5 Å². The van der Waals surface area contributed by atoms with E-state index < -0.39 is 11.2 Å². The summed E-state index contributed by atoms with van der Waals surface area (Å²) in [4.78, 5) is 13.0. The Labute approximate surface area is 184 Å². The quantitative estimate of drug-likeness (QED) is 0.445. The Kier molecular flexibility index (Phi) is 8.24. The van der Waals surface area contributed by atoms with Gasteiger partial charge in [0.25, 0.3) is 0 Å². The summed E-state index contributed by atoms with van der Waals surface area (Å²) < 4.78 is 32.4. The highest BCUT2D eigenvalue weighted by atomic mass is 35.5. The average Bonchev–Trinajstić information content (AvgIpc) is 2.74. The fraction of sp³-hybridized carbons (Fsp3) is 0.409. The van der Waals surface area contributed by atoms with Crippen LogP contribution < -0.4 is 15.0 Å². The molecule has 30 heavy (non-hydrogen) atoms. The molecular weight excluding hydrogens is 427 g/mol. The molecule has 5 nitrogen and oxygen atoms in total. The first-order valence-electron chi connectivity index (χ1n) is 10.0. The predicted molar refractivity (Wildman–Crippen MR) is 120 cm³/mol. The Morgan fingerprint density at radius 1 is 1.33 bits per heavy atom. The summed E-state index contributed by atoms with van der Waals surface area (Å²) in [5.41, 5.74) is 1.96. The van der Waals surface area contributed by atoms with E-state index in [1.54, 1.807) is 18.2 Å². The Morgan fingerprint density at radius 2 is 2.10 bits per heavy atom. The first-order valence-corrected chi connectivity index (χ1v) is 11.9. The van der Waals surface area contributed by atoms with Gasteiger partial charge in [0.2, 0.25) is 6.41 Å². The van der Waals surface area contributed by atoms with Crippen LogP contribution in [0.5, 0.6) is 5.75 Å². The van der Waals surface area contributed by atoms with Gasteiger partial charge in [-0.1, -0.05) is 17.7 Å². The number of hydrogen-bond acceptors (Lipinski definition) is 4. The Morgan fingerprint density at radius 3 is 2.77 bits per heavy atom. The largest absolute Gasteiger partial charge is 0.616 e. The van der Waals surface area contributed by atoms with Crippen LogP contribution in [-0.4, -0.2) is 36.4 Å². The number of hydrogen-bond donors (Lipinski definition) is 1. The van der Waals surface area contributed by atoms with Gasteiger partial charge in [-0.15, -0.1) is 0 Å². The van der Waals surface area contributed by atoms with Crippen LogP contribution >= 0.6 is 11.6 Å². The Hall–Kier alpha value is -1.96. The molecule has 0 aromatic heterocycles. The molecule has 1 fully saturated rings. The summed E-state index contributed by atoms with van der Waals surface area (Å²) >= 11 is 4.82. The number of rotatable bonds is 9. The SMILES string of the molecule is CC[S+]([O-])Cc1c(NC=O)cccc1OCC1CCN(c2ccc(Cl)cc2F)CC1. The van der Waals surface area contributed by atoms with Crippen LogP contribution in [0.25, 0.3) is 0 Å². The maximum Gasteiger partial charge on any atom is 0.211 e. The Balaban J connectivity index is 1.61. The van der Waals surface area contributed by atoms with E-state index in [4.69, 9.17) is 16.3 Å². The van der Waals surface area contributed by atoms with Crippen LogP contribution in [0.4, 0.5) is 15.8 Å². The van der Waals surface area contributed by atoms with Crippen LogP contribution in [0.2, 0.25) is 5.02 Å². The number of nitrogens with zero attached hydrogens (tertiary/aromatic N) is 1. The summed E-state index contributed by atoms with van der Waals surface area (Å²) in [6.45, 7) is 3.87. The second-order valence-electron chi connectivity index (χ2n) is 7.25. The molecule has 1 unspecified atom stereocenters. The number of halogens is 2. The summed E-state index contributed by atoms with van der Waals surface area (Å²) in [5, 5.41) is 3.06. The van der Waals surface area contributed by atoms with Crippen molar-refractivity contribution in [2.75, 3.05) is 35.7 Å². The standard InChI is InChI=1S/C22H26ClFN2O3S/c1-2-30(28)14-18-20(25-15-27)4-3-5-22(18)29-13-16-8-10-26(11-9-16)21-7-6-17(23)12-19(21)24/h3-7,12,15-16H,2,8-11,13-14H2,1H3,(H,25,27). The number of carbonyl (C=O) groups is 1. The van der Waals surface area contributed by atoms with Gasteiger partial charge in [-0.05, 0) is 67.2 Å². The zero-order chi connectivity index (χ0) is 21.5. The molecule has 1 N–H and O–H groups in total. The van der Waals surface area contributed by atoms with E-state index in [0.29, 0.717) is 52.6 Å². The molecule has 1 atom stereocenters. The molecule has 1 aliphatic heterocycles. The minimum absolute atomic E-state index is 0.301. The summed E-state index contributed by atoms with van der Waals surface area (Å²) in [5.74, 6) is 1.55. The van der Waals surface area contributed by atoms with Crippen molar-refractivity contribution in [1.29, 1.82) is 0 Å². The molecule has 8 heteroatoms. The molecule has 3 rings (SSSR count). The van der Waals surface area contributed by atoms with Gasteiger partial charge in [-0.25, -0.2) is 4.39 Å². The van der Waals surface area contributed by atoms with E-state index in [1.165, 1.54) is 6.07 Å². The molecule has 0 spiro atoms. The maximum atomic E-state index is 14.2. The zero-order valence-electron chi connectivity index (χ0n) is 16.9. The lowest BCUT2D eigenvalue weighted by atomic mass is 9.97. The highest BCUT2D eigenvalue weighted by molar-refractivity contribution is 7.90. The highest BCUT2D eigenvalue weighted by Gasteiger charge is 2.23. The monoisotopic (exact) mass is 452 g/mol. The van der Waals surface area contributed by atoms with Crippen LogP contribution in [0, 0.1) is 11.7 Å². The summed E-state index contributed by atoms with van der Waals surface area (Å²) in [6.07, 6.45) is 2.37. The number of benzene rings is 2. The van der Waals surface area contributed by atoms with Crippen molar-refractivity contribution in [2.24, 2.45) is 5.92 Å². The van der Waals surface area contributed by atoms with Gasteiger partial charge in [-0.3, -0.25) is 4.79 Å². The fourth-order valence-corrected chi connectivity index (χ4v) is 4.58. The number of amides is 1. The molecule has 0 radical (unpaired) electrons. The van der Waals surface area contributed by atoms with Gasteiger partial charge >= 0.3 is 0 Å². The second kappa shape index (κ2) is 10.9. The van der Waals surface area contributed by atoms with E-state index in [1.807, 2.05) is 24.0 Å². The number of piperidine rings is 1. The summed E-state index contributed by atoms with van der Waals surface area (Å²) in [6, 6.07) is 10.2. The van der Waals surface area contributed by atoms with E-state index in [0.717, 1.165) is 31.5 Å². The van der Waals surface area contributed by atoms with Gasteiger partial charge in [0.1, 0.15) is 23.1 Å². The number of anilines is 2. The molecule has 1 amide bonds. The molecule has 1 aliphatic rings. The molecule has 0 bridgehead atoms. The lowest BCUT2D eigenvalue weighted by Crippen LogP contribution is -2.36. The van der Waals surface area contributed by atoms with Crippen molar-refractivity contribution in [3.63, 3.8) is 0 Å². The van der Waals surface area contributed by atoms with Crippen LogP contribution in [0.3, 0.4) is 0 Å². The fourth-order valence-electron chi connectivity index (χ4n) is 3.60. The molecule has 0 aliphatic carbocycles. The first kappa shape index (κ1) is 22.7. The minimum Gasteiger partial charge on any atom is -0.616 e. The molecule has 1 heterocycles. The number of carbonyl (C=O) groups excluding carboxylic acids is 1. The van der Waals surface area contributed by atoms with Gasteiger partial charge in [-0.2, -0.15) is 0 Å². The van der Waals surface area contributed by atoms with Crippen LogP contribution in [0.1, 0.15) is 25.3 Å². The second-order valence-corrected chi connectivity index (χ2v) is 9.44. The molecule has 1 saturated heterocycles. The number of nitrogens with one attached hydrogen (secondary N) is 1. The third-order valence-electron chi connectivity index (χ3n) is 5.31. The zero-order valence-corrected chi connectivity index (χ0v) is 18.5. The van der Waals surface area contributed by atoms with Crippen LogP contribution in [0.15, 0.2) is 36.4 Å². The van der Waals surface area contributed by atoms with Gasteiger partial charge < -0.3 is 19.5 Å². The highest BCUT2D eigenvalue weighted by Crippen LogP contribution is 2.31. The minimum atomic E-state index is -1.03. The molecule has 162 valence electrons. The molecule has 2 aromatic rings. The van der Waals surface area contributed by atoms with Crippen molar-refractivity contribution < 1.29 is 18.5 Å². The van der Waals surface area contributed by atoms with E-state index in [2.05, 4.69) is 5.32 Å². The Bertz CT molecular complexity index is 862. The third-order valence-corrected chi connectivity index (χ3v) is 6.80. The van der Waals surface area contributed by atoms with Crippen LogP contribution in [-0.2, 0) is 21.7 Å². The van der Waals surface area contributed by atoms with Gasteiger partial charge in [0.05, 0.1) is 23.5 Å². The topological polar surface area (TPSA) is 64.6 Å². The smallest absolute Gasteiger partial charge is 0.211 e. The lowest BCUT2D eigenvalue weighted by molar-refractivity contribution is -0.105.